The van der Waals surface area contributed by atoms with Crippen molar-refractivity contribution in [1.82, 2.24) is 4.90 Å². The van der Waals surface area contributed by atoms with Crippen LogP contribution >= 0.6 is 0 Å². The first-order chi connectivity index (χ1) is 11.1. The minimum absolute atomic E-state index is 0.113. The zero-order valence-corrected chi connectivity index (χ0v) is 12.7. The van der Waals surface area contributed by atoms with E-state index in [1.54, 1.807) is 42.5 Å². The Hall–Kier alpha value is -2.69. The molecule has 2 aromatic rings. The van der Waals surface area contributed by atoms with Gasteiger partial charge in [-0.05, 0) is 24.6 Å². The Labute approximate surface area is 133 Å². The Morgan fingerprint density at radius 1 is 1.09 bits per heavy atom. The number of nitrogens with zero attached hydrogens (tertiary/aromatic N) is 1. The van der Waals surface area contributed by atoms with E-state index in [2.05, 4.69) is 0 Å². The number of ether oxygens (including phenoxy) is 1. The standard InChI is InChI=1S/C18H16FNO3/c1-2-15-18(22)20(11-12-7-3-5-9-14(12)19)17(21)13-8-4-6-10-16(13)23-15/h3-10,15H,2,11H2,1H3/t15-/m0/s1. The summed E-state index contributed by atoms with van der Waals surface area (Å²) in [5.41, 5.74) is 0.608. The molecule has 0 spiro atoms. The zero-order valence-electron chi connectivity index (χ0n) is 12.7. The Kier molecular flexibility index (Phi) is 4.10. The number of benzene rings is 2. The fourth-order valence-electron chi connectivity index (χ4n) is 2.57. The van der Waals surface area contributed by atoms with Crippen LogP contribution in [0.5, 0.6) is 5.75 Å². The van der Waals surface area contributed by atoms with Gasteiger partial charge >= 0.3 is 0 Å². The second-order valence-electron chi connectivity index (χ2n) is 5.33. The van der Waals surface area contributed by atoms with Crippen LogP contribution < -0.4 is 4.74 Å². The van der Waals surface area contributed by atoms with E-state index in [-0.39, 0.29) is 6.54 Å². The van der Waals surface area contributed by atoms with Gasteiger partial charge in [-0.25, -0.2) is 4.39 Å². The lowest BCUT2D eigenvalue weighted by Crippen LogP contribution is -2.42. The molecule has 0 saturated heterocycles. The monoisotopic (exact) mass is 313 g/mol. The summed E-state index contributed by atoms with van der Waals surface area (Å²) in [6.45, 7) is 1.70. The van der Waals surface area contributed by atoms with E-state index < -0.39 is 23.7 Å². The molecule has 23 heavy (non-hydrogen) atoms. The lowest BCUT2D eigenvalue weighted by molar-refractivity contribution is -0.136. The normalized spacial score (nSPS) is 17.5. The summed E-state index contributed by atoms with van der Waals surface area (Å²) >= 11 is 0. The second-order valence-corrected chi connectivity index (χ2v) is 5.33. The summed E-state index contributed by atoms with van der Waals surface area (Å²) in [5.74, 6) is -0.977. The number of hydrogen-bond donors (Lipinski definition) is 0. The van der Waals surface area contributed by atoms with Crippen molar-refractivity contribution in [3.05, 3.63) is 65.5 Å². The fraction of sp³-hybridized carbons (Fsp3) is 0.222. The van der Waals surface area contributed by atoms with Crippen LogP contribution in [0, 0.1) is 5.82 Å². The SMILES string of the molecule is CC[C@@H]1Oc2ccccc2C(=O)N(Cc2ccccc2F)C1=O. The molecule has 0 aromatic heterocycles. The zero-order chi connectivity index (χ0) is 16.4. The summed E-state index contributed by atoms with van der Waals surface area (Å²) in [7, 11) is 0. The van der Waals surface area contributed by atoms with Gasteiger partial charge in [-0.3, -0.25) is 14.5 Å². The molecule has 1 aliphatic heterocycles. The van der Waals surface area contributed by atoms with Gasteiger partial charge in [-0.15, -0.1) is 0 Å². The van der Waals surface area contributed by atoms with E-state index in [1.807, 2.05) is 6.92 Å². The average Bonchev–Trinajstić information content (AvgIpc) is 2.67. The highest BCUT2D eigenvalue weighted by Crippen LogP contribution is 2.27. The van der Waals surface area contributed by atoms with E-state index >= 15 is 0 Å². The van der Waals surface area contributed by atoms with Gasteiger partial charge in [0.25, 0.3) is 11.8 Å². The van der Waals surface area contributed by atoms with Crippen LogP contribution in [0.1, 0.15) is 29.3 Å². The topological polar surface area (TPSA) is 46.6 Å². The maximum absolute atomic E-state index is 13.9. The third-order valence-corrected chi connectivity index (χ3v) is 3.83. The molecular formula is C18H16FNO3. The Morgan fingerprint density at radius 2 is 1.78 bits per heavy atom. The lowest BCUT2D eigenvalue weighted by Gasteiger charge is -2.21. The predicted molar refractivity (Wildman–Crippen MR) is 82.4 cm³/mol. The molecule has 1 atom stereocenters. The van der Waals surface area contributed by atoms with Gasteiger partial charge < -0.3 is 4.74 Å². The molecule has 0 unspecified atom stereocenters. The molecule has 3 rings (SSSR count). The van der Waals surface area contributed by atoms with Crippen LogP contribution in [-0.2, 0) is 11.3 Å². The first kappa shape index (κ1) is 15.2. The number of amides is 2. The number of hydrogen-bond acceptors (Lipinski definition) is 3. The van der Waals surface area contributed by atoms with Gasteiger partial charge in [0.05, 0.1) is 12.1 Å². The second kappa shape index (κ2) is 6.20. The number of fused-ring (bicyclic) bond motifs is 1. The number of carbonyl (C=O) groups excluding carboxylic acids is 2. The number of imide groups is 1. The first-order valence-electron chi connectivity index (χ1n) is 7.46. The number of para-hydroxylation sites is 1. The van der Waals surface area contributed by atoms with Crippen LogP contribution in [0.3, 0.4) is 0 Å². The van der Waals surface area contributed by atoms with Crippen molar-refractivity contribution in [2.24, 2.45) is 0 Å². The van der Waals surface area contributed by atoms with Crippen molar-refractivity contribution in [1.29, 1.82) is 0 Å². The molecule has 2 aromatic carbocycles. The third kappa shape index (κ3) is 2.82. The van der Waals surface area contributed by atoms with Crippen LogP contribution in [0.15, 0.2) is 48.5 Å². The average molecular weight is 313 g/mol. The molecule has 2 amide bonds. The number of halogens is 1. The predicted octanol–water partition coefficient (Wildman–Crippen LogP) is 3.17. The summed E-state index contributed by atoms with van der Waals surface area (Å²) in [4.78, 5) is 26.4. The van der Waals surface area contributed by atoms with Gasteiger partial charge in [0.15, 0.2) is 6.10 Å². The minimum atomic E-state index is -0.755. The van der Waals surface area contributed by atoms with Crippen molar-refractivity contribution in [2.45, 2.75) is 26.0 Å². The van der Waals surface area contributed by atoms with Crippen LogP contribution in [0.25, 0.3) is 0 Å². The molecule has 1 heterocycles. The van der Waals surface area contributed by atoms with E-state index in [1.165, 1.54) is 6.07 Å². The third-order valence-electron chi connectivity index (χ3n) is 3.83. The molecule has 0 aliphatic carbocycles. The van der Waals surface area contributed by atoms with E-state index in [4.69, 9.17) is 4.74 Å². The molecule has 1 aliphatic rings. The molecule has 0 N–H and O–H groups in total. The van der Waals surface area contributed by atoms with E-state index in [0.29, 0.717) is 23.3 Å². The Balaban J connectivity index is 2.02. The van der Waals surface area contributed by atoms with Crippen LogP contribution in [0.4, 0.5) is 4.39 Å². The first-order valence-corrected chi connectivity index (χ1v) is 7.46. The van der Waals surface area contributed by atoms with Gasteiger partial charge in [-0.2, -0.15) is 0 Å². The molecule has 118 valence electrons. The van der Waals surface area contributed by atoms with Gasteiger partial charge in [-0.1, -0.05) is 37.3 Å². The van der Waals surface area contributed by atoms with Crippen molar-refractivity contribution in [2.75, 3.05) is 0 Å². The summed E-state index contributed by atoms with van der Waals surface area (Å²) < 4.78 is 19.6. The van der Waals surface area contributed by atoms with Crippen molar-refractivity contribution < 1.29 is 18.7 Å². The quantitative estimate of drug-likeness (QED) is 0.818. The number of rotatable bonds is 3. The minimum Gasteiger partial charge on any atom is -0.480 e. The fourth-order valence-corrected chi connectivity index (χ4v) is 2.57. The van der Waals surface area contributed by atoms with Gasteiger partial charge in [0.2, 0.25) is 0 Å². The van der Waals surface area contributed by atoms with Crippen LogP contribution in [0.2, 0.25) is 0 Å². The Bertz CT molecular complexity index is 759. The van der Waals surface area contributed by atoms with Crippen molar-refractivity contribution >= 4 is 11.8 Å². The summed E-state index contributed by atoms with van der Waals surface area (Å²) in [5, 5.41) is 0. The lowest BCUT2D eigenvalue weighted by atomic mass is 10.1. The van der Waals surface area contributed by atoms with E-state index in [0.717, 1.165) is 4.90 Å². The van der Waals surface area contributed by atoms with Crippen LogP contribution in [-0.4, -0.2) is 22.8 Å². The smallest absolute Gasteiger partial charge is 0.270 e. The Morgan fingerprint density at radius 3 is 2.52 bits per heavy atom. The molecular weight excluding hydrogens is 297 g/mol. The number of carbonyl (C=O) groups is 2. The molecule has 5 heteroatoms. The molecule has 0 saturated carbocycles. The van der Waals surface area contributed by atoms with Crippen molar-refractivity contribution in [3.8, 4) is 5.75 Å². The summed E-state index contributed by atoms with van der Waals surface area (Å²) in [6.07, 6.45) is -0.330. The van der Waals surface area contributed by atoms with Crippen molar-refractivity contribution in [3.63, 3.8) is 0 Å². The molecule has 0 radical (unpaired) electrons. The van der Waals surface area contributed by atoms with Gasteiger partial charge in [0, 0.05) is 5.56 Å². The van der Waals surface area contributed by atoms with E-state index in [9.17, 15) is 14.0 Å². The molecule has 4 nitrogen and oxygen atoms in total. The highest BCUT2D eigenvalue weighted by Gasteiger charge is 2.35. The molecule has 0 fully saturated rings. The van der Waals surface area contributed by atoms with Gasteiger partial charge in [0.1, 0.15) is 11.6 Å². The maximum atomic E-state index is 13.9. The molecule has 0 bridgehead atoms. The maximum Gasteiger partial charge on any atom is 0.270 e. The largest absolute Gasteiger partial charge is 0.480 e. The highest BCUT2D eigenvalue weighted by atomic mass is 19.1. The summed E-state index contributed by atoms with van der Waals surface area (Å²) in [6, 6.07) is 12.8. The highest BCUT2D eigenvalue weighted by molar-refractivity contribution is 6.08.